The van der Waals surface area contributed by atoms with Crippen LogP contribution in [0.15, 0.2) is 11.6 Å². The van der Waals surface area contributed by atoms with Crippen molar-refractivity contribution in [3.63, 3.8) is 0 Å². The molecule has 5 rings (SSSR count). The molecular weight excluding hydrogens is 256 g/mol. The Morgan fingerprint density at radius 3 is 2.57 bits per heavy atom. The fourth-order valence-electron chi connectivity index (χ4n) is 7.11. The third-order valence-corrected chi connectivity index (χ3v) is 7.12. The molecule has 0 saturated heterocycles. The normalized spacial score (nSPS) is 47.0. The lowest BCUT2D eigenvalue weighted by molar-refractivity contribution is -0.113. The van der Waals surface area contributed by atoms with Crippen molar-refractivity contribution in [3.8, 4) is 0 Å². The van der Waals surface area contributed by atoms with Crippen LogP contribution in [0.25, 0.3) is 0 Å². The minimum absolute atomic E-state index is 0.459. The molecule has 0 aromatic heterocycles. The van der Waals surface area contributed by atoms with Crippen LogP contribution in [-0.4, -0.2) is 6.04 Å². The highest BCUT2D eigenvalue weighted by atomic mass is 15.2. The maximum Gasteiger partial charge on any atom is 0.0476 e. The molecule has 5 aliphatic rings. The number of rotatable bonds is 3. The molecule has 4 bridgehead atoms. The van der Waals surface area contributed by atoms with E-state index in [2.05, 4.69) is 18.4 Å². The van der Waals surface area contributed by atoms with E-state index in [9.17, 15) is 0 Å². The van der Waals surface area contributed by atoms with Crippen molar-refractivity contribution in [1.29, 1.82) is 0 Å². The van der Waals surface area contributed by atoms with Gasteiger partial charge < -0.3 is 0 Å². The van der Waals surface area contributed by atoms with Gasteiger partial charge in [0.05, 0.1) is 0 Å². The molecule has 0 aromatic rings. The van der Waals surface area contributed by atoms with Crippen LogP contribution in [0.2, 0.25) is 0 Å². The number of hydrogen-bond donors (Lipinski definition) is 2. The molecular formula is C19H32N2. The zero-order chi connectivity index (χ0) is 14.5. The van der Waals surface area contributed by atoms with E-state index in [4.69, 9.17) is 5.84 Å². The quantitative estimate of drug-likeness (QED) is 0.461. The highest BCUT2D eigenvalue weighted by molar-refractivity contribution is 5.21. The monoisotopic (exact) mass is 288 g/mol. The van der Waals surface area contributed by atoms with Crippen molar-refractivity contribution >= 4 is 0 Å². The van der Waals surface area contributed by atoms with Gasteiger partial charge in [0.25, 0.3) is 0 Å². The van der Waals surface area contributed by atoms with Crippen LogP contribution in [0.1, 0.15) is 77.6 Å². The summed E-state index contributed by atoms with van der Waals surface area (Å²) in [6.07, 6.45) is 18.0. The first-order chi connectivity index (χ1) is 10.1. The number of nitrogens with two attached hydrogens (primary N) is 1. The Labute approximate surface area is 129 Å². The van der Waals surface area contributed by atoms with Crippen LogP contribution >= 0.6 is 0 Å². The molecule has 5 aliphatic carbocycles. The van der Waals surface area contributed by atoms with Crippen molar-refractivity contribution < 1.29 is 0 Å². The predicted molar refractivity (Wildman–Crippen MR) is 87.5 cm³/mol. The average molecular weight is 288 g/mol. The fourth-order valence-corrected chi connectivity index (χ4v) is 7.11. The number of nitrogens with one attached hydrogen (secondary N) is 1. The van der Waals surface area contributed by atoms with E-state index in [-0.39, 0.29) is 0 Å². The molecule has 2 nitrogen and oxygen atoms in total. The summed E-state index contributed by atoms with van der Waals surface area (Å²) < 4.78 is 0. The van der Waals surface area contributed by atoms with Gasteiger partial charge in [0, 0.05) is 6.04 Å². The smallest absolute Gasteiger partial charge is 0.0476 e. The first-order valence-corrected chi connectivity index (χ1v) is 9.28. The van der Waals surface area contributed by atoms with Gasteiger partial charge in [0.15, 0.2) is 0 Å². The van der Waals surface area contributed by atoms with Gasteiger partial charge in [-0.15, -0.1) is 0 Å². The standard InChI is InChI=1S/C19H32N2/c1-18-9-14-8-15(10-18)12-19(11-14,13-18)17(21-20)16-6-4-2-3-5-7-16/h6,14-15,17,21H,2-5,7-13,20H2,1H3. The average Bonchev–Trinajstić information content (AvgIpc) is 2.65. The summed E-state index contributed by atoms with van der Waals surface area (Å²) in [6, 6.07) is 0.459. The lowest BCUT2D eigenvalue weighted by Gasteiger charge is -2.63. The molecule has 0 aliphatic heterocycles. The third-order valence-electron chi connectivity index (χ3n) is 7.12. The van der Waals surface area contributed by atoms with Crippen molar-refractivity contribution in [2.75, 3.05) is 0 Å². The predicted octanol–water partition coefficient (Wildman–Crippen LogP) is 4.32. The van der Waals surface area contributed by atoms with Crippen LogP contribution < -0.4 is 11.3 Å². The SMILES string of the molecule is CC12CC3CC(C1)CC(C(NN)C1=CCCCCC1)(C3)C2. The molecule has 118 valence electrons. The maximum absolute atomic E-state index is 6.13. The van der Waals surface area contributed by atoms with Gasteiger partial charge in [0.1, 0.15) is 0 Å². The number of hydrazine groups is 1. The van der Waals surface area contributed by atoms with E-state index in [1.165, 1.54) is 70.6 Å². The van der Waals surface area contributed by atoms with E-state index < -0.39 is 0 Å². The number of allylic oxidation sites excluding steroid dienone is 1. The first-order valence-electron chi connectivity index (χ1n) is 9.28. The Hall–Kier alpha value is -0.340. The summed E-state index contributed by atoms with van der Waals surface area (Å²) in [5.74, 6) is 8.10. The van der Waals surface area contributed by atoms with Crippen LogP contribution in [-0.2, 0) is 0 Å². The highest BCUT2D eigenvalue weighted by Gasteiger charge is 2.58. The van der Waals surface area contributed by atoms with Gasteiger partial charge in [-0.05, 0) is 86.9 Å². The van der Waals surface area contributed by atoms with Gasteiger partial charge in [0.2, 0.25) is 0 Å². The van der Waals surface area contributed by atoms with E-state index in [0.29, 0.717) is 16.9 Å². The third kappa shape index (κ3) is 2.39. The minimum Gasteiger partial charge on any atom is -0.271 e. The largest absolute Gasteiger partial charge is 0.271 e. The Balaban J connectivity index is 1.65. The van der Waals surface area contributed by atoms with Crippen LogP contribution in [0.3, 0.4) is 0 Å². The van der Waals surface area contributed by atoms with E-state index in [1.54, 1.807) is 5.57 Å². The second-order valence-electron chi connectivity index (χ2n) is 9.11. The van der Waals surface area contributed by atoms with Gasteiger partial charge in [-0.3, -0.25) is 11.3 Å². The number of hydrogen-bond acceptors (Lipinski definition) is 2. The second kappa shape index (κ2) is 5.09. The Bertz CT molecular complexity index is 425. The summed E-state index contributed by atoms with van der Waals surface area (Å²) in [5.41, 5.74) is 6.05. The van der Waals surface area contributed by atoms with E-state index in [1.807, 2.05) is 0 Å². The second-order valence-corrected chi connectivity index (χ2v) is 9.11. The molecule has 0 radical (unpaired) electrons. The molecule has 4 fully saturated rings. The molecule has 3 unspecified atom stereocenters. The van der Waals surface area contributed by atoms with Gasteiger partial charge in [-0.1, -0.05) is 25.0 Å². The molecule has 0 amide bonds. The molecule has 4 saturated carbocycles. The van der Waals surface area contributed by atoms with Gasteiger partial charge >= 0.3 is 0 Å². The summed E-state index contributed by atoms with van der Waals surface area (Å²) in [5, 5.41) is 0. The Kier molecular flexibility index (Phi) is 3.46. The molecule has 3 N–H and O–H groups in total. The van der Waals surface area contributed by atoms with Crippen LogP contribution in [0, 0.1) is 22.7 Å². The molecule has 0 spiro atoms. The lowest BCUT2D eigenvalue weighted by Crippen LogP contribution is -2.60. The van der Waals surface area contributed by atoms with E-state index >= 15 is 0 Å². The summed E-state index contributed by atoms with van der Waals surface area (Å²) in [7, 11) is 0. The van der Waals surface area contributed by atoms with Crippen molar-refractivity contribution in [2.45, 2.75) is 83.6 Å². The zero-order valence-electron chi connectivity index (χ0n) is 13.7. The highest BCUT2D eigenvalue weighted by Crippen LogP contribution is 2.66. The molecule has 21 heavy (non-hydrogen) atoms. The fraction of sp³-hybridized carbons (Fsp3) is 0.895. The lowest BCUT2D eigenvalue weighted by atomic mass is 9.42. The Morgan fingerprint density at radius 1 is 1.14 bits per heavy atom. The van der Waals surface area contributed by atoms with Crippen molar-refractivity contribution in [1.82, 2.24) is 5.43 Å². The van der Waals surface area contributed by atoms with Crippen LogP contribution in [0.5, 0.6) is 0 Å². The zero-order valence-corrected chi connectivity index (χ0v) is 13.7. The molecule has 2 heteroatoms. The molecule has 0 aromatic carbocycles. The first kappa shape index (κ1) is 14.3. The maximum atomic E-state index is 6.13. The topological polar surface area (TPSA) is 38.0 Å². The molecule has 0 heterocycles. The van der Waals surface area contributed by atoms with Crippen LogP contribution in [0.4, 0.5) is 0 Å². The molecule has 3 atom stereocenters. The summed E-state index contributed by atoms with van der Waals surface area (Å²) in [6.45, 7) is 2.56. The van der Waals surface area contributed by atoms with Crippen molar-refractivity contribution in [3.05, 3.63) is 11.6 Å². The summed E-state index contributed by atoms with van der Waals surface area (Å²) in [4.78, 5) is 0. The van der Waals surface area contributed by atoms with Crippen molar-refractivity contribution in [2.24, 2.45) is 28.5 Å². The Morgan fingerprint density at radius 2 is 1.90 bits per heavy atom. The minimum atomic E-state index is 0.459. The van der Waals surface area contributed by atoms with Gasteiger partial charge in [-0.2, -0.15) is 0 Å². The summed E-state index contributed by atoms with van der Waals surface area (Å²) >= 11 is 0. The van der Waals surface area contributed by atoms with E-state index in [0.717, 1.165) is 11.8 Å². The van der Waals surface area contributed by atoms with Gasteiger partial charge in [-0.25, -0.2) is 0 Å².